The predicted molar refractivity (Wildman–Crippen MR) is 173 cm³/mol. The average molecular weight is 521 g/mol. The molecular weight excluding hydrogens is 496 g/mol. The molecular formula is C40H24O. The smallest absolute Gasteiger partial charge is 0.135 e. The minimum absolute atomic E-state index is 0.905. The lowest BCUT2D eigenvalue weighted by molar-refractivity contribution is 0.487. The third-order valence-corrected chi connectivity index (χ3v) is 8.61. The molecule has 0 N–H and O–H groups in total. The summed E-state index contributed by atoms with van der Waals surface area (Å²) in [5.74, 6) is 1.83. The molecule has 1 aliphatic heterocycles. The molecule has 0 bridgehead atoms. The van der Waals surface area contributed by atoms with Crippen molar-refractivity contribution in [1.82, 2.24) is 0 Å². The van der Waals surface area contributed by atoms with Gasteiger partial charge in [0.25, 0.3) is 0 Å². The van der Waals surface area contributed by atoms with Crippen LogP contribution in [0.4, 0.5) is 0 Å². The summed E-state index contributed by atoms with van der Waals surface area (Å²) in [5, 5.41) is 9.99. The third-order valence-electron chi connectivity index (χ3n) is 8.61. The fraction of sp³-hybridized carbons (Fsp3) is 0. The molecule has 0 saturated heterocycles. The van der Waals surface area contributed by atoms with Crippen LogP contribution >= 0.6 is 0 Å². The van der Waals surface area contributed by atoms with E-state index in [-0.39, 0.29) is 0 Å². The molecule has 1 heteroatoms. The van der Waals surface area contributed by atoms with Crippen molar-refractivity contribution in [2.75, 3.05) is 0 Å². The van der Waals surface area contributed by atoms with E-state index in [9.17, 15) is 0 Å². The predicted octanol–water partition coefficient (Wildman–Crippen LogP) is 11.4. The van der Waals surface area contributed by atoms with Crippen molar-refractivity contribution in [3.63, 3.8) is 0 Å². The number of benzene rings is 8. The van der Waals surface area contributed by atoms with Gasteiger partial charge in [-0.3, -0.25) is 0 Å². The Balaban J connectivity index is 1.36. The molecule has 8 aromatic carbocycles. The van der Waals surface area contributed by atoms with E-state index in [0.29, 0.717) is 0 Å². The summed E-state index contributed by atoms with van der Waals surface area (Å²) in [5.41, 5.74) is 7.32. The minimum atomic E-state index is 0.905. The van der Waals surface area contributed by atoms with Crippen LogP contribution in [0.1, 0.15) is 0 Å². The summed E-state index contributed by atoms with van der Waals surface area (Å²) in [6.07, 6.45) is 0. The van der Waals surface area contributed by atoms with Crippen molar-refractivity contribution in [3.8, 4) is 44.9 Å². The molecule has 0 aliphatic carbocycles. The normalized spacial score (nSPS) is 12.1. The van der Waals surface area contributed by atoms with Crippen LogP contribution < -0.4 is 4.74 Å². The number of fused-ring (bicyclic) bond motifs is 6. The van der Waals surface area contributed by atoms with E-state index in [4.69, 9.17) is 4.74 Å². The Morgan fingerprint density at radius 2 is 1.07 bits per heavy atom. The van der Waals surface area contributed by atoms with Gasteiger partial charge in [-0.1, -0.05) is 121 Å². The highest BCUT2D eigenvalue weighted by molar-refractivity contribution is 6.23. The van der Waals surface area contributed by atoms with E-state index in [2.05, 4.69) is 146 Å². The molecule has 1 heterocycles. The molecule has 0 unspecified atom stereocenters. The van der Waals surface area contributed by atoms with Gasteiger partial charge in [0.2, 0.25) is 0 Å². The van der Waals surface area contributed by atoms with Crippen molar-refractivity contribution in [2.45, 2.75) is 0 Å². The lowest BCUT2D eigenvalue weighted by Gasteiger charge is -2.22. The highest BCUT2D eigenvalue weighted by Crippen LogP contribution is 2.48. The standard InChI is InChI=1S/C40H24O/c1-2-9-25(10-3-1)38-30-15-5-4-11-28(30)24-35-33(38)21-19-27-13-6-16-31(39(27)35)29-20-22-36-34(23-29)32-17-7-12-26-14-8-18-37(41-36)40(26)32/h1-24H. The molecule has 1 nitrogen and oxygen atoms in total. The topological polar surface area (TPSA) is 9.23 Å². The third kappa shape index (κ3) is 3.30. The highest BCUT2D eigenvalue weighted by Gasteiger charge is 2.21. The number of ether oxygens (including phenoxy) is 1. The van der Waals surface area contributed by atoms with Crippen molar-refractivity contribution in [3.05, 3.63) is 146 Å². The molecule has 41 heavy (non-hydrogen) atoms. The largest absolute Gasteiger partial charge is 0.456 e. The summed E-state index contributed by atoms with van der Waals surface area (Å²) >= 11 is 0. The van der Waals surface area contributed by atoms with Crippen LogP contribution in [0.3, 0.4) is 0 Å². The maximum atomic E-state index is 6.41. The van der Waals surface area contributed by atoms with E-state index < -0.39 is 0 Å². The summed E-state index contributed by atoms with van der Waals surface area (Å²) in [4.78, 5) is 0. The zero-order valence-corrected chi connectivity index (χ0v) is 22.3. The zero-order chi connectivity index (χ0) is 26.9. The molecule has 9 rings (SSSR count). The quantitative estimate of drug-likeness (QED) is 0.163. The molecule has 190 valence electrons. The van der Waals surface area contributed by atoms with Gasteiger partial charge in [0.1, 0.15) is 11.5 Å². The maximum Gasteiger partial charge on any atom is 0.135 e. The lowest BCUT2D eigenvalue weighted by atomic mass is 9.86. The molecule has 8 aromatic rings. The molecule has 0 atom stereocenters. The van der Waals surface area contributed by atoms with Gasteiger partial charge in [-0.15, -0.1) is 0 Å². The van der Waals surface area contributed by atoms with Gasteiger partial charge in [-0.25, -0.2) is 0 Å². The minimum Gasteiger partial charge on any atom is -0.456 e. The van der Waals surface area contributed by atoms with Gasteiger partial charge in [0, 0.05) is 10.9 Å². The van der Waals surface area contributed by atoms with Crippen molar-refractivity contribution < 1.29 is 4.74 Å². The molecule has 0 spiro atoms. The zero-order valence-electron chi connectivity index (χ0n) is 22.3. The van der Waals surface area contributed by atoms with Crippen LogP contribution in [0.5, 0.6) is 11.5 Å². The first-order valence-corrected chi connectivity index (χ1v) is 14.1. The van der Waals surface area contributed by atoms with E-state index in [1.165, 1.54) is 70.9 Å². The number of hydrogen-bond acceptors (Lipinski definition) is 1. The van der Waals surface area contributed by atoms with Gasteiger partial charge in [0.05, 0.1) is 0 Å². The monoisotopic (exact) mass is 520 g/mol. The summed E-state index contributed by atoms with van der Waals surface area (Å²) < 4.78 is 6.41. The van der Waals surface area contributed by atoms with Crippen LogP contribution in [0.25, 0.3) is 76.5 Å². The van der Waals surface area contributed by atoms with Crippen molar-refractivity contribution >= 4 is 43.1 Å². The van der Waals surface area contributed by atoms with Crippen molar-refractivity contribution in [1.29, 1.82) is 0 Å². The lowest BCUT2D eigenvalue weighted by Crippen LogP contribution is -1.97. The SMILES string of the molecule is c1ccc(-c2c3ccccc3cc3c2ccc2cccc(-c4ccc5c(c4)-c4cccc6cccc(c46)O5)c23)cc1. The molecule has 0 radical (unpaired) electrons. The Morgan fingerprint density at radius 1 is 0.341 bits per heavy atom. The van der Waals surface area contributed by atoms with Crippen LogP contribution in [0.2, 0.25) is 0 Å². The van der Waals surface area contributed by atoms with E-state index in [1.807, 2.05) is 0 Å². The van der Waals surface area contributed by atoms with Crippen LogP contribution in [0, 0.1) is 0 Å². The van der Waals surface area contributed by atoms with Crippen LogP contribution in [-0.2, 0) is 0 Å². The second kappa shape index (κ2) is 8.55. The second-order valence-electron chi connectivity index (χ2n) is 10.9. The van der Waals surface area contributed by atoms with Gasteiger partial charge < -0.3 is 4.74 Å². The van der Waals surface area contributed by atoms with Gasteiger partial charge >= 0.3 is 0 Å². The molecule has 0 fully saturated rings. The Hall–Kier alpha value is -5.40. The number of hydrogen-bond donors (Lipinski definition) is 0. The Bertz CT molecular complexity index is 2320. The van der Waals surface area contributed by atoms with Crippen LogP contribution in [-0.4, -0.2) is 0 Å². The fourth-order valence-corrected chi connectivity index (χ4v) is 6.81. The summed E-state index contributed by atoms with van der Waals surface area (Å²) in [7, 11) is 0. The average Bonchev–Trinajstić information content (AvgIpc) is 3.04. The van der Waals surface area contributed by atoms with Crippen molar-refractivity contribution in [2.24, 2.45) is 0 Å². The molecule has 0 saturated carbocycles. The summed E-state index contributed by atoms with van der Waals surface area (Å²) in [6, 6.07) is 52.6. The Labute approximate surface area is 237 Å². The molecule has 0 aromatic heterocycles. The maximum absolute atomic E-state index is 6.41. The van der Waals surface area contributed by atoms with Gasteiger partial charge in [0.15, 0.2) is 0 Å². The molecule has 0 amide bonds. The van der Waals surface area contributed by atoms with E-state index in [1.54, 1.807) is 0 Å². The van der Waals surface area contributed by atoms with Gasteiger partial charge in [-0.2, -0.15) is 0 Å². The van der Waals surface area contributed by atoms with Crippen LogP contribution in [0.15, 0.2) is 146 Å². The Morgan fingerprint density at radius 3 is 1.95 bits per heavy atom. The second-order valence-corrected chi connectivity index (χ2v) is 10.9. The molecule has 1 aliphatic rings. The Kier molecular flexibility index (Phi) is 4.67. The number of rotatable bonds is 2. The first-order valence-electron chi connectivity index (χ1n) is 14.1. The summed E-state index contributed by atoms with van der Waals surface area (Å²) in [6.45, 7) is 0. The van der Waals surface area contributed by atoms with E-state index in [0.717, 1.165) is 17.1 Å². The first-order chi connectivity index (χ1) is 20.3. The highest BCUT2D eigenvalue weighted by atomic mass is 16.5. The van der Waals surface area contributed by atoms with Gasteiger partial charge in [-0.05, 0) is 89.8 Å². The first kappa shape index (κ1) is 22.4. The van der Waals surface area contributed by atoms with E-state index >= 15 is 0 Å². The fourth-order valence-electron chi connectivity index (χ4n) is 6.81.